The molecule has 7 heteroatoms. The van der Waals surface area contributed by atoms with Crippen LogP contribution in [0.25, 0.3) is 0 Å². The lowest BCUT2D eigenvalue weighted by molar-refractivity contribution is -0.139. The van der Waals surface area contributed by atoms with E-state index in [0.29, 0.717) is 5.69 Å². The fourth-order valence-electron chi connectivity index (χ4n) is 1.84. The van der Waals surface area contributed by atoms with Crippen LogP contribution in [0.15, 0.2) is 24.3 Å². The number of para-hydroxylation sites is 1. The number of nitrogens with zero attached hydrogens (tertiary/aromatic N) is 1. The van der Waals surface area contributed by atoms with E-state index in [0.717, 1.165) is 5.56 Å². The number of benzene rings is 1. The molecule has 0 spiro atoms. The van der Waals surface area contributed by atoms with E-state index in [9.17, 15) is 14.4 Å². The van der Waals surface area contributed by atoms with E-state index < -0.39 is 23.9 Å². The number of aryl methyl sites for hydroxylation is 1. The Hall–Kier alpha value is -2.57. The van der Waals surface area contributed by atoms with Crippen LogP contribution in [0.2, 0.25) is 0 Å². The van der Waals surface area contributed by atoms with Crippen molar-refractivity contribution >= 4 is 23.6 Å². The molecule has 1 rings (SSSR count). The smallest absolute Gasteiger partial charge is 0.326 e. The summed E-state index contributed by atoms with van der Waals surface area (Å²) in [7, 11) is 1.55. The number of primary amides is 1. The summed E-state index contributed by atoms with van der Waals surface area (Å²) in [4.78, 5) is 35.2. The van der Waals surface area contributed by atoms with Gasteiger partial charge >= 0.3 is 12.0 Å². The van der Waals surface area contributed by atoms with Gasteiger partial charge in [-0.25, -0.2) is 9.59 Å². The van der Waals surface area contributed by atoms with E-state index in [1.165, 1.54) is 4.90 Å². The molecule has 0 aliphatic carbocycles. The van der Waals surface area contributed by atoms with Crippen LogP contribution >= 0.6 is 0 Å². The molecule has 1 atom stereocenters. The zero-order chi connectivity index (χ0) is 16.0. The van der Waals surface area contributed by atoms with Crippen molar-refractivity contribution in [3.63, 3.8) is 0 Å². The molecule has 0 aliphatic rings. The molecule has 4 N–H and O–H groups in total. The first-order valence-corrected chi connectivity index (χ1v) is 6.44. The Morgan fingerprint density at radius 1 is 1.33 bits per heavy atom. The van der Waals surface area contributed by atoms with Crippen LogP contribution in [0.3, 0.4) is 0 Å². The molecule has 1 aromatic rings. The van der Waals surface area contributed by atoms with Crippen molar-refractivity contribution in [2.45, 2.75) is 25.8 Å². The van der Waals surface area contributed by atoms with Gasteiger partial charge in [-0.05, 0) is 25.0 Å². The second-order valence-corrected chi connectivity index (χ2v) is 4.69. The lowest BCUT2D eigenvalue weighted by Crippen LogP contribution is -2.47. The molecular weight excluding hydrogens is 274 g/mol. The van der Waals surface area contributed by atoms with E-state index in [1.54, 1.807) is 19.2 Å². The minimum Gasteiger partial charge on any atom is -0.480 e. The van der Waals surface area contributed by atoms with E-state index >= 15 is 0 Å². The maximum Gasteiger partial charge on any atom is 0.326 e. The Kier molecular flexibility index (Phi) is 5.71. The highest BCUT2D eigenvalue weighted by molar-refractivity contribution is 5.94. The van der Waals surface area contributed by atoms with Gasteiger partial charge in [0, 0.05) is 19.2 Å². The number of hydrogen-bond acceptors (Lipinski definition) is 3. The van der Waals surface area contributed by atoms with Crippen molar-refractivity contribution < 1.29 is 19.5 Å². The first kappa shape index (κ1) is 16.5. The molecule has 0 fully saturated rings. The average Bonchev–Trinajstić information content (AvgIpc) is 2.42. The number of carboxylic acid groups (broad SMARTS) is 1. The number of hydrogen-bond donors (Lipinski definition) is 3. The number of carboxylic acids is 1. The molecule has 3 amide bonds. The summed E-state index contributed by atoms with van der Waals surface area (Å²) in [5.74, 6) is -1.81. The highest BCUT2D eigenvalue weighted by Gasteiger charge is 2.23. The van der Waals surface area contributed by atoms with Crippen LogP contribution in [0.5, 0.6) is 0 Å². The summed E-state index contributed by atoms with van der Waals surface area (Å²) < 4.78 is 0. The monoisotopic (exact) mass is 293 g/mol. The van der Waals surface area contributed by atoms with Crippen molar-refractivity contribution in [2.24, 2.45) is 5.73 Å². The molecule has 0 heterocycles. The van der Waals surface area contributed by atoms with Gasteiger partial charge in [0.05, 0.1) is 0 Å². The Morgan fingerprint density at radius 3 is 2.48 bits per heavy atom. The van der Waals surface area contributed by atoms with Gasteiger partial charge in [-0.3, -0.25) is 9.69 Å². The van der Waals surface area contributed by atoms with E-state index in [-0.39, 0.29) is 12.8 Å². The number of carbonyl (C=O) groups excluding carboxylic acids is 2. The number of aliphatic carboxylic acids is 1. The lowest BCUT2D eigenvalue weighted by Gasteiger charge is -2.22. The Morgan fingerprint density at radius 2 is 1.95 bits per heavy atom. The van der Waals surface area contributed by atoms with Crippen LogP contribution in [0.4, 0.5) is 10.5 Å². The number of carbonyl (C=O) groups is 3. The van der Waals surface area contributed by atoms with Gasteiger partial charge in [-0.1, -0.05) is 18.2 Å². The summed E-state index contributed by atoms with van der Waals surface area (Å²) in [5.41, 5.74) is 6.55. The first-order chi connectivity index (χ1) is 9.82. The van der Waals surface area contributed by atoms with Gasteiger partial charge < -0.3 is 16.2 Å². The summed E-state index contributed by atoms with van der Waals surface area (Å²) in [6.45, 7) is 1.85. The molecule has 0 aliphatic heterocycles. The molecule has 0 aromatic heterocycles. The van der Waals surface area contributed by atoms with Gasteiger partial charge in [0.2, 0.25) is 5.91 Å². The van der Waals surface area contributed by atoms with Gasteiger partial charge in [0.25, 0.3) is 0 Å². The molecule has 0 radical (unpaired) electrons. The second kappa shape index (κ2) is 7.28. The van der Waals surface area contributed by atoms with Crippen molar-refractivity contribution in [2.75, 3.05) is 11.9 Å². The molecular formula is C14H19N3O4. The zero-order valence-electron chi connectivity index (χ0n) is 12.0. The molecule has 7 nitrogen and oxygen atoms in total. The molecule has 0 saturated heterocycles. The lowest BCUT2D eigenvalue weighted by atomic mass is 10.1. The van der Waals surface area contributed by atoms with E-state index in [2.05, 4.69) is 5.32 Å². The Bertz CT molecular complexity index is 545. The second-order valence-electron chi connectivity index (χ2n) is 4.69. The summed E-state index contributed by atoms with van der Waals surface area (Å²) >= 11 is 0. The van der Waals surface area contributed by atoms with E-state index in [4.69, 9.17) is 10.8 Å². The van der Waals surface area contributed by atoms with Crippen LogP contribution in [0.1, 0.15) is 18.4 Å². The molecule has 114 valence electrons. The highest BCUT2D eigenvalue weighted by Crippen LogP contribution is 2.17. The minimum atomic E-state index is -1.21. The molecule has 0 saturated carbocycles. The molecule has 0 unspecified atom stereocenters. The number of nitrogens with two attached hydrogens (primary N) is 1. The normalized spacial score (nSPS) is 11.5. The Labute approximate surface area is 122 Å². The largest absolute Gasteiger partial charge is 0.480 e. The number of urea groups is 1. The fraction of sp³-hybridized carbons (Fsp3) is 0.357. The SMILES string of the molecule is Cc1ccccc1N(C)C(=O)N[C@H](CCC(N)=O)C(=O)O. The topological polar surface area (TPSA) is 113 Å². The van der Waals surface area contributed by atoms with Crippen molar-refractivity contribution in [3.8, 4) is 0 Å². The van der Waals surface area contributed by atoms with Gasteiger partial charge in [-0.2, -0.15) is 0 Å². The summed E-state index contributed by atoms with van der Waals surface area (Å²) in [6, 6.07) is 5.53. The standard InChI is InChI=1S/C14H19N3O4/c1-9-5-3-4-6-11(9)17(2)14(21)16-10(13(19)20)7-8-12(15)18/h3-6,10H,7-8H2,1-2H3,(H2,15,18)(H,16,21)(H,19,20)/t10-/m1/s1. The van der Waals surface area contributed by atoms with E-state index in [1.807, 2.05) is 19.1 Å². The summed E-state index contributed by atoms with van der Waals surface area (Å²) in [6.07, 6.45) is -0.149. The van der Waals surface area contributed by atoms with Gasteiger partial charge in [0.15, 0.2) is 0 Å². The fourth-order valence-corrected chi connectivity index (χ4v) is 1.84. The van der Waals surface area contributed by atoms with Gasteiger partial charge in [-0.15, -0.1) is 0 Å². The third kappa shape index (κ3) is 4.79. The van der Waals surface area contributed by atoms with Crippen LogP contribution < -0.4 is 16.0 Å². The van der Waals surface area contributed by atoms with Crippen molar-refractivity contribution in [1.29, 1.82) is 0 Å². The van der Waals surface area contributed by atoms with Crippen LogP contribution in [0, 0.1) is 6.92 Å². The predicted molar refractivity (Wildman–Crippen MR) is 78.0 cm³/mol. The third-order valence-corrected chi connectivity index (χ3v) is 3.06. The zero-order valence-corrected chi connectivity index (χ0v) is 12.0. The number of amides is 3. The highest BCUT2D eigenvalue weighted by atomic mass is 16.4. The molecule has 21 heavy (non-hydrogen) atoms. The summed E-state index contributed by atoms with van der Waals surface area (Å²) in [5, 5.41) is 11.4. The third-order valence-electron chi connectivity index (χ3n) is 3.06. The number of rotatable bonds is 6. The Balaban J connectivity index is 2.75. The quantitative estimate of drug-likeness (QED) is 0.722. The predicted octanol–water partition coefficient (Wildman–Crippen LogP) is 0.860. The van der Waals surface area contributed by atoms with Crippen LogP contribution in [-0.4, -0.2) is 36.1 Å². The maximum atomic E-state index is 12.1. The molecule has 1 aromatic carbocycles. The van der Waals surface area contributed by atoms with Gasteiger partial charge in [0.1, 0.15) is 6.04 Å². The minimum absolute atomic E-state index is 0.0436. The molecule has 0 bridgehead atoms. The maximum absolute atomic E-state index is 12.1. The number of anilines is 1. The van der Waals surface area contributed by atoms with Crippen molar-refractivity contribution in [1.82, 2.24) is 5.32 Å². The number of nitrogens with one attached hydrogen (secondary N) is 1. The average molecular weight is 293 g/mol. The van der Waals surface area contributed by atoms with Crippen molar-refractivity contribution in [3.05, 3.63) is 29.8 Å². The first-order valence-electron chi connectivity index (χ1n) is 6.44. The van der Waals surface area contributed by atoms with Crippen LogP contribution in [-0.2, 0) is 9.59 Å².